The first kappa shape index (κ1) is 11.6. The van der Waals surface area contributed by atoms with Crippen molar-refractivity contribution >= 4 is 11.9 Å². The lowest BCUT2D eigenvalue weighted by Crippen LogP contribution is -2.53. The van der Waals surface area contributed by atoms with Crippen LogP contribution < -0.4 is 0 Å². The van der Waals surface area contributed by atoms with Gasteiger partial charge in [0, 0.05) is 18.9 Å². The number of amides is 1. The number of aliphatic carboxylic acids is 1. The van der Waals surface area contributed by atoms with Gasteiger partial charge in [0.1, 0.15) is 6.54 Å². The van der Waals surface area contributed by atoms with E-state index in [9.17, 15) is 9.59 Å². The molecule has 1 saturated heterocycles. The molecule has 0 aliphatic carbocycles. The summed E-state index contributed by atoms with van der Waals surface area (Å²) in [6, 6.07) is 0.813. The topological polar surface area (TPSA) is 84.7 Å². The molecule has 1 unspecified atom stereocenters. The van der Waals surface area contributed by atoms with Gasteiger partial charge in [0.25, 0.3) is 0 Å². The highest BCUT2D eigenvalue weighted by Crippen LogP contribution is 2.08. The lowest BCUT2D eigenvalue weighted by molar-refractivity contribution is -0.158. The van der Waals surface area contributed by atoms with Gasteiger partial charge >= 0.3 is 5.97 Å². The van der Waals surface area contributed by atoms with E-state index in [1.165, 1.54) is 9.58 Å². The number of aromatic nitrogens is 2. The summed E-state index contributed by atoms with van der Waals surface area (Å²) in [6.45, 7) is 0.767. The summed E-state index contributed by atoms with van der Waals surface area (Å²) >= 11 is 0. The number of carbonyl (C=O) groups excluding carboxylic acids is 1. The molecule has 0 radical (unpaired) electrons. The molecular weight excluding hydrogens is 226 g/mol. The quantitative estimate of drug-likeness (QED) is 0.746. The Hall–Kier alpha value is -1.89. The molecule has 1 aliphatic rings. The van der Waals surface area contributed by atoms with E-state index in [0.29, 0.717) is 13.2 Å². The Bertz CT molecular complexity index is 404. The molecule has 92 valence electrons. The molecule has 1 aromatic rings. The van der Waals surface area contributed by atoms with E-state index in [0.717, 1.165) is 0 Å². The van der Waals surface area contributed by atoms with E-state index in [-0.39, 0.29) is 19.1 Å². The smallest absolute Gasteiger partial charge is 0.328 e. The van der Waals surface area contributed by atoms with Crippen molar-refractivity contribution in [3.63, 3.8) is 0 Å². The molecule has 1 aromatic heterocycles. The van der Waals surface area contributed by atoms with Crippen molar-refractivity contribution in [2.45, 2.75) is 12.6 Å². The minimum atomic E-state index is -1.04. The predicted octanol–water partition coefficient (Wildman–Crippen LogP) is -0.805. The van der Waals surface area contributed by atoms with E-state index >= 15 is 0 Å². The zero-order chi connectivity index (χ0) is 12.3. The van der Waals surface area contributed by atoms with Crippen molar-refractivity contribution in [3.05, 3.63) is 18.5 Å². The van der Waals surface area contributed by atoms with Gasteiger partial charge in [-0.05, 0) is 6.07 Å². The van der Waals surface area contributed by atoms with Crippen molar-refractivity contribution in [3.8, 4) is 0 Å². The number of hydrogen-bond acceptors (Lipinski definition) is 4. The van der Waals surface area contributed by atoms with Crippen LogP contribution in [0, 0.1) is 0 Å². The molecule has 2 rings (SSSR count). The fourth-order valence-electron chi connectivity index (χ4n) is 1.73. The number of carbonyl (C=O) groups is 2. The lowest BCUT2D eigenvalue weighted by atomic mass is 10.2. The molecule has 1 fully saturated rings. The number of ether oxygens (including phenoxy) is 1. The van der Waals surface area contributed by atoms with Gasteiger partial charge in [0.05, 0.1) is 13.2 Å². The second kappa shape index (κ2) is 4.96. The highest BCUT2D eigenvalue weighted by atomic mass is 16.5. The largest absolute Gasteiger partial charge is 0.480 e. The molecule has 0 aromatic carbocycles. The van der Waals surface area contributed by atoms with Crippen LogP contribution in [0.1, 0.15) is 0 Å². The van der Waals surface area contributed by atoms with Crippen LogP contribution in [0.15, 0.2) is 18.5 Å². The van der Waals surface area contributed by atoms with E-state index in [4.69, 9.17) is 9.84 Å². The summed E-state index contributed by atoms with van der Waals surface area (Å²) in [5.74, 6) is -1.30. The van der Waals surface area contributed by atoms with Gasteiger partial charge in [0.15, 0.2) is 6.04 Å². The molecule has 1 atom stereocenters. The first-order valence-electron chi connectivity index (χ1n) is 5.26. The van der Waals surface area contributed by atoms with Crippen molar-refractivity contribution in [1.29, 1.82) is 0 Å². The van der Waals surface area contributed by atoms with Gasteiger partial charge < -0.3 is 14.7 Å². The van der Waals surface area contributed by atoms with Gasteiger partial charge in [-0.1, -0.05) is 0 Å². The molecule has 0 saturated carbocycles. The fourth-order valence-corrected chi connectivity index (χ4v) is 1.73. The monoisotopic (exact) mass is 239 g/mol. The third-order valence-corrected chi connectivity index (χ3v) is 2.59. The number of carboxylic acid groups (broad SMARTS) is 1. The Morgan fingerprint density at radius 3 is 3.00 bits per heavy atom. The summed E-state index contributed by atoms with van der Waals surface area (Å²) in [6.07, 6.45) is 3.23. The fraction of sp³-hybridized carbons (Fsp3) is 0.500. The molecule has 0 bridgehead atoms. The zero-order valence-electron chi connectivity index (χ0n) is 9.15. The molecule has 0 spiro atoms. The van der Waals surface area contributed by atoms with E-state index in [2.05, 4.69) is 5.10 Å². The van der Waals surface area contributed by atoms with Crippen LogP contribution in [-0.2, 0) is 20.9 Å². The summed E-state index contributed by atoms with van der Waals surface area (Å²) in [4.78, 5) is 24.2. The Kier molecular flexibility index (Phi) is 3.38. The van der Waals surface area contributed by atoms with Crippen LogP contribution in [0.4, 0.5) is 0 Å². The standard InChI is InChI=1S/C10H13N3O4/c14-9(6-12-3-1-2-11-12)13-4-5-17-7-8(13)10(15)16/h1-3,8H,4-7H2,(H,15,16). The molecule has 1 aliphatic heterocycles. The highest BCUT2D eigenvalue weighted by molar-refractivity contribution is 5.83. The normalized spacial score (nSPS) is 20.2. The third kappa shape index (κ3) is 2.62. The van der Waals surface area contributed by atoms with E-state index < -0.39 is 12.0 Å². The average molecular weight is 239 g/mol. The van der Waals surface area contributed by atoms with Crippen LogP contribution >= 0.6 is 0 Å². The maximum Gasteiger partial charge on any atom is 0.328 e. The minimum absolute atomic E-state index is 0.0418. The zero-order valence-corrected chi connectivity index (χ0v) is 9.15. The molecular formula is C10H13N3O4. The number of carboxylic acids is 1. The van der Waals surface area contributed by atoms with E-state index in [1.54, 1.807) is 18.5 Å². The minimum Gasteiger partial charge on any atom is -0.480 e. The van der Waals surface area contributed by atoms with Crippen LogP contribution in [-0.4, -0.2) is 57.5 Å². The Labute approximate surface area is 97.6 Å². The summed E-state index contributed by atoms with van der Waals surface area (Å²) < 4.78 is 6.53. The first-order valence-corrected chi connectivity index (χ1v) is 5.26. The van der Waals surface area contributed by atoms with Gasteiger partial charge in [-0.3, -0.25) is 9.48 Å². The Balaban J connectivity index is 2.03. The number of rotatable bonds is 3. The second-order valence-electron chi connectivity index (χ2n) is 3.72. The molecule has 2 heterocycles. The summed E-state index contributed by atoms with van der Waals surface area (Å²) in [5, 5.41) is 12.9. The highest BCUT2D eigenvalue weighted by Gasteiger charge is 2.32. The Morgan fingerprint density at radius 1 is 1.53 bits per heavy atom. The third-order valence-electron chi connectivity index (χ3n) is 2.59. The second-order valence-corrected chi connectivity index (χ2v) is 3.72. The molecule has 1 N–H and O–H groups in total. The molecule has 17 heavy (non-hydrogen) atoms. The first-order chi connectivity index (χ1) is 8.18. The lowest BCUT2D eigenvalue weighted by Gasteiger charge is -2.32. The van der Waals surface area contributed by atoms with Crippen LogP contribution in [0.3, 0.4) is 0 Å². The maximum atomic E-state index is 11.9. The van der Waals surface area contributed by atoms with Gasteiger partial charge in [-0.2, -0.15) is 5.10 Å². The van der Waals surface area contributed by atoms with Crippen LogP contribution in [0.5, 0.6) is 0 Å². The average Bonchev–Trinajstić information content (AvgIpc) is 2.81. The summed E-state index contributed by atoms with van der Waals surface area (Å²) in [5.41, 5.74) is 0. The SMILES string of the molecule is O=C(O)C1COCCN1C(=O)Cn1cccn1. The number of hydrogen-bond donors (Lipinski definition) is 1. The van der Waals surface area contributed by atoms with Gasteiger partial charge in [0.2, 0.25) is 5.91 Å². The molecule has 1 amide bonds. The van der Waals surface area contributed by atoms with Crippen LogP contribution in [0.2, 0.25) is 0 Å². The molecule has 7 nitrogen and oxygen atoms in total. The molecule has 7 heteroatoms. The predicted molar refractivity (Wildman–Crippen MR) is 56.2 cm³/mol. The Morgan fingerprint density at radius 2 is 2.35 bits per heavy atom. The summed E-state index contributed by atoms with van der Waals surface area (Å²) in [7, 11) is 0. The van der Waals surface area contributed by atoms with Crippen LogP contribution in [0.25, 0.3) is 0 Å². The number of morpholine rings is 1. The van der Waals surface area contributed by atoms with Crippen molar-refractivity contribution in [2.24, 2.45) is 0 Å². The van der Waals surface area contributed by atoms with Crippen molar-refractivity contribution in [1.82, 2.24) is 14.7 Å². The van der Waals surface area contributed by atoms with E-state index in [1.807, 2.05) is 0 Å². The number of nitrogens with zero attached hydrogens (tertiary/aromatic N) is 3. The van der Waals surface area contributed by atoms with Gasteiger partial charge in [-0.15, -0.1) is 0 Å². The van der Waals surface area contributed by atoms with Crippen molar-refractivity contribution < 1.29 is 19.4 Å². The van der Waals surface area contributed by atoms with Gasteiger partial charge in [-0.25, -0.2) is 4.79 Å². The maximum absolute atomic E-state index is 11.9. The van der Waals surface area contributed by atoms with Crippen molar-refractivity contribution in [2.75, 3.05) is 19.8 Å².